The first kappa shape index (κ1) is 18.2. The zero-order valence-electron chi connectivity index (χ0n) is 16.7. The van der Waals surface area contributed by atoms with Crippen LogP contribution >= 0.6 is 0 Å². The van der Waals surface area contributed by atoms with E-state index in [-0.39, 0.29) is 28.3 Å². The van der Waals surface area contributed by atoms with Crippen LogP contribution in [0.3, 0.4) is 0 Å². The third-order valence-corrected chi connectivity index (χ3v) is 5.98. The van der Waals surface area contributed by atoms with E-state index in [4.69, 9.17) is 4.74 Å². The van der Waals surface area contributed by atoms with Gasteiger partial charge in [0.2, 0.25) is 0 Å². The molecule has 3 nitrogen and oxygen atoms in total. The van der Waals surface area contributed by atoms with E-state index in [1.165, 1.54) is 0 Å². The number of carbonyl (C=O) groups is 2. The molecule has 142 valence electrons. The molecule has 0 N–H and O–H groups in total. The van der Waals surface area contributed by atoms with Gasteiger partial charge in [0.25, 0.3) is 0 Å². The van der Waals surface area contributed by atoms with Crippen molar-refractivity contribution in [2.24, 2.45) is 16.7 Å². The quantitative estimate of drug-likeness (QED) is 0.728. The first-order valence-electron chi connectivity index (χ1n) is 9.89. The molecule has 0 atom stereocenters. The van der Waals surface area contributed by atoms with Gasteiger partial charge in [0, 0.05) is 42.7 Å². The standard InChI is InChI=1S/C24H28O3/c1-23(2)11-17(25)21-16(10-15-8-6-5-7-9-15)22-18(26)12-24(3,4)14-20(22)27-19(21)13-23/h5-9,16H,10-14H2,1-4H3. The third kappa shape index (κ3) is 3.40. The summed E-state index contributed by atoms with van der Waals surface area (Å²) in [6.45, 7) is 8.46. The smallest absolute Gasteiger partial charge is 0.163 e. The van der Waals surface area contributed by atoms with Crippen LogP contribution < -0.4 is 0 Å². The van der Waals surface area contributed by atoms with Crippen molar-refractivity contribution in [3.8, 4) is 0 Å². The van der Waals surface area contributed by atoms with Crippen LogP contribution in [-0.2, 0) is 20.7 Å². The minimum Gasteiger partial charge on any atom is -0.465 e. The van der Waals surface area contributed by atoms with Crippen LogP contribution in [0.15, 0.2) is 53.0 Å². The Morgan fingerprint density at radius 2 is 1.30 bits per heavy atom. The fourth-order valence-electron chi connectivity index (χ4n) is 4.86. The number of allylic oxidation sites excluding steroid dienone is 4. The summed E-state index contributed by atoms with van der Waals surface area (Å²) < 4.78 is 6.29. The van der Waals surface area contributed by atoms with Gasteiger partial charge >= 0.3 is 0 Å². The van der Waals surface area contributed by atoms with E-state index in [1.54, 1.807) is 0 Å². The molecule has 0 unspecified atom stereocenters. The lowest BCUT2D eigenvalue weighted by molar-refractivity contribution is -0.120. The maximum Gasteiger partial charge on any atom is 0.163 e. The Bertz CT molecular complexity index is 816. The first-order valence-corrected chi connectivity index (χ1v) is 9.89. The predicted octanol–water partition coefficient (Wildman–Crippen LogP) is 5.16. The van der Waals surface area contributed by atoms with Crippen molar-refractivity contribution in [2.75, 3.05) is 0 Å². The second kappa shape index (κ2) is 6.19. The van der Waals surface area contributed by atoms with Gasteiger partial charge in [0.15, 0.2) is 11.6 Å². The Morgan fingerprint density at radius 3 is 1.78 bits per heavy atom. The molecule has 0 spiro atoms. The molecule has 4 rings (SSSR count). The van der Waals surface area contributed by atoms with Gasteiger partial charge in [-0.2, -0.15) is 0 Å². The summed E-state index contributed by atoms with van der Waals surface area (Å²) in [4.78, 5) is 26.2. The molecule has 0 saturated heterocycles. The van der Waals surface area contributed by atoms with E-state index < -0.39 is 0 Å². The van der Waals surface area contributed by atoms with E-state index in [0.29, 0.717) is 19.3 Å². The van der Waals surface area contributed by atoms with Crippen molar-refractivity contribution >= 4 is 11.6 Å². The average Bonchev–Trinajstić information content (AvgIpc) is 2.52. The van der Waals surface area contributed by atoms with Crippen LogP contribution in [0.4, 0.5) is 0 Å². The SMILES string of the molecule is CC1(C)CC(=O)C2=C(C1)OC1=C(C(=O)CC(C)(C)C1)C2Cc1ccccc1. The number of ketones is 2. The topological polar surface area (TPSA) is 43.4 Å². The highest BCUT2D eigenvalue weighted by molar-refractivity contribution is 6.04. The second-order valence-electron chi connectivity index (χ2n) is 9.90. The van der Waals surface area contributed by atoms with Gasteiger partial charge < -0.3 is 4.74 Å². The van der Waals surface area contributed by atoms with E-state index in [0.717, 1.165) is 41.1 Å². The zero-order chi connectivity index (χ0) is 19.4. The van der Waals surface area contributed by atoms with Crippen molar-refractivity contribution in [3.63, 3.8) is 0 Å². The highest BCUT2D eigenvalue weighted by Gasteiger charge is 2.47. The average molecular weight is 364 g/mol. The number of hydrogen-bond acceptors (Lipinski definition) is 3. The van der Waals surface area contributed by atoms with E-state index in [9.17, 15) is 9.59 Å². The largest absolute Gasteiger partial charge is 0.465 e. The molecular formula is C24H28O3. The van der Waals surface area contributed by atoms with Crippen LogP contribution in [0, 0.1) is 16.7 Å². The molecule has 2 aliphatic carbocycles. The molecule has 1 heterocycles. The first-order chi connectivity index (χ1) is 12.7. The number of benzene rings is 1. The lowest BCUT2D eigenvalue weighted by Crippen LogP contribution is -2.39. The van der Waals surface area contributed by atoms with Gasteiger partial charge in [-0.1, -0.05) is 58.0 Å². The maximum atomic E-state index is 13.1. The lowest BCUT2D eigenvalue weighted by Gasteiger charge is -2.42. The number of hydrogen-bond donors (Lipinski definition) is 0. The Hall–Kier alpha value is -2.16. The molecule has 3 heteroatoms. The molecule has 0 bridgehead atoms. The zero-order valence-corrected chi connectivity index (χ0v) is 16.7. The molecule has 0 aromatic heterocycles. The maximum absolute atomic E-state index is 13.1. The van der Waals surface area contributed by atoms with Gasteiger partial charge in [-0.3, -0.25) is 9.59 Å². The van der Waals surface area contributed by atoms with Crippen molar-refractivity contribution in [1.29, 1.82) is 0 Å². The molecule has 1 aromatic rings. The molecular weight excluding hydrogens is 336 g/mol. The molecule has 1 aliphatic heterocycles. The fourth-order valence-corrected chi connectivity index (χ4v) is 4.86. The van der Waals surface area contributed by atoms with Crippen LogP contribution in [0.5, 0.6) is 0 Å². The highest BCUT2D eigenvalue weighted by atomic mass is 16.5. The van der Waals surface area contributed by atoms with Crippen molar-refractivity contribution in [1.82, 2.24) is 0 Å². The van der Waals surface area contributed by atoms with Crippen molar-refractivity contribution in [3.05, 3.63) is 58.6 Å². The minimum atomic E-state index is -0.168. The summed E-state index contributed by atoms with van der Waals surface area (Å²) >= 11 is 0. The Labute approximate surface area is 161 Å². The van der Waals surface area contributed by atoms with Crippen molar-refractivity contribution < 1.29 is 14.3 Å². The predicted molar refractivity (Wildman–Crippen MR) is 105 cm³/mol. The lowest BCUT2D eigenvalue weighted by atomic mass is 9.66. The number of carbonyl (C=O) groups excluding carboxylic acids is 2. The molecule has 0 saturated carbocycles. The summed E-state index contributed by atoms with van der Waals surface area (Å²) in [5.41, 5.74) is 2.47. The monoisotopic (exact) mass is 364 g/mol. The number of Topliss-reactive ketones (excluding diaryl/α,β-unsaturated/α-hetero) is 2. The molecule has 0 fully saturated rings. The van der Waals surface area contributed by atoms with Crippen LogP contribution in [0.1, 0.15) is 58.9 Å². The Kier molecular flexibility index (Phi) is 4.17. The van der Waals surface area contributed by atoms with E-state index in [1.807, 2.05) is 18.2 Å². The number of rotatable bonds is 2. The van der Waals surface area contributed by atoms with Crippen LogP contribution in [0.2, 0.25) is 0 Å². The van der Waals surface area contributed by atoms with Gasteiger partial charge in [-0.25, -0.2) is 0 Å². The summed E-state index contributed by atoms with van der Waals surface area (Å²) in [7, 11) is 0. The second-order valence-corrected chi connectivity index (χ2v) is 9.90. The molecule has 3 aliphatic rings. The summed E-state index contributed by atoms with van der Waals surface area (Å²) in [6, 6.07) is 10.2. The van der Waals surface area contributed by atoms with Crippen LogP contribution in [0.25, 0.3) is 0 Å². The van der Waals surface area contributed by atoms with E-state index >= 15 is 0 Å². The van der Waals surface area contributed by atoms with Crippen molar-refractivity contribution in [2.45, 2.75) is 59.8 Å². The van der Waals surface area contributed by atoms with Gasteiger partial charge in [-0.05, 0) is 22.8 Å². The van der Waals surface area contributed by atoms with Gasteiger partial charge in [-0.15, -0.1) is 0 Å². The summed E-state index contributed by atoms with van der Waals surface area (Å²) in [5, 5.41) is 0. The molecule has 1 aromatic carbocycles. The molecule has 27 heavy (non-hydrogen) atoms. The minimum absolute atomic E-state index is 0.0977. The summed E-state index contributed by atoms with van der Waals surface area (Å²) in [5.74, 6) is 1.74. The van der Waals surface area contributed by atoms with E-state index in [2.05, 4.69) is 39.8 Å². The molecule has 0 amide bonds. The summed E-state index contributed by atoms with van der Waals surface area (Å²) in [6.07, 6.45) is 3.22. The Balaban J connectivity index is 1.81. The Morgan fingerprint density at radius 1 is 0.815 bits per heavy atom. The number of ether oxygens (including phenoxy) is 1. The molecule has 0 radical (unpaired) electrons. The van der Waals surface area contributed by atoms with Gasteiger partial charge in [0.05, 0.1) is 0 Å². The van der Waals surface area contributed by atoms with Crippen LogP contribution in [-0.4, -0.2) is 11.6 Å². The fraction of sp³-hybridized carbons (Fsp3) is 0.500. The third-order valence-electron chi connectivity index (χ3n) is 5.98. The van der Waals surface area contributed by atoms with Gasteiger partial charge in [0.1, 0.15) is 11.5 Å². The normalized spacial score (nSPS) is 24.4. The highest BCUT2D eigenvalue weighted by Crippen LogP contribution is 2.50.